The molecule has 0 aliphatic heterocycles. The van der Waals surface area contributed by atoms with Gasteiger partial charge in [-0.3, -0.25) is 4.98 Å². The Hall–Kier alpha value is -0.890. The van der Waals surface area contributed by atoms with Gasteiger partial charge in [-0.15, -0.1) is 0 Å². The van der Waals surface area contributed by atoms with Gasteiger partial charge in [0.15, 0.2) is 0 Å². The Morgan fingerprint density at radius 1 is 1.33 bits per heavy atom. The summed E-state index contributed by atoms with van der Waals surface area (Å²) < 4.78 is 0. The predicted molar refractivity (Wildman–Crippen MR) is 62.6 cm³/mol. The highest BCUT2D eigenvalue weighted by Crippen LogP contribution is 2.24. The van der Waals surface area contributed by atoms with E-state index in [1.807, 2.05) is 12.4 Å². The predicted octanol–water partition coefficient (Wildman–Crippen LogP) is 2.92. The fraction of sp³-hybridized carbons (Fsp3) is 0.615. The van der Waals surface area contributed by atoms with Gasteiger partial charge >= 0.3 is 0 Å². The molecule has 0 radical (unpaired) electrons. The highest BCUT2D eigenvalue weighted by atomic mass is 14.9. The molecule has 82 valence electrons. The monoisotopic (exact) mass is 204 g/mol. The molecule has 2 nitrogen and oxygen atoms in total. The Morgan fingerprint density at radius 2 is 2.00 bits per heavy atom. The van der Waals surface area contributed by atoms with Crippen molar-refractivity contribution in [3.05, 3.63) is 30.1 Å². The smallest absolute Gasteiger partial charge is 0.0293 e. The van der Waals surface area contributed by atoms with Gasteiger partial charge in [-0.2, -0.15) is 0 Å². The van der Waals surface area contributed by atoms with Gasteiger partial charge in [0.25, 0.3) is 0 Å². The lowest BCUT2D eigenvalue weighted by Crippen LogP contribution is -2.24. The lowest BCUT2D eigenvalue weighted by Gasteiger charge is -2.17. The zero-order chi connectivity index (χ0) is 10.5. The van der Waals surface area contributed by atoms with Gasteiger partial charge in [0, 0.05) is 18.4 Å². The standard InChI is InChI=1S/C13H20N2/c1-11(13-6-8-14-9-7-13)15-10-12-4-2-3-5-12/h6-9,11-12,15H,2-5,10H2,1H3. The van der Waals surface area contributed by atoms with Gasteiger partial charge in [-0.1, -0.05) is 12.8 Å². The number of nitrogens with one attached hydrogen (secondary N) is 1. The maximum Gasteiger partial charge on any atom is 0.0293 e. The van der Waals surface area contributed by atoms with Crippen LogP contribution in [0.5, 0.6) is 0 Å². The summed E-state index contributed by atoms with van der Waals surface area (Å²) in [7, 11) is 0. The van der Waals surface area contributed by atoms with E-state index in [-0.39, 0.29) is 0 Å². The lowest BCUT2D eigenvalue weighted by atomic mass is 10.1. The molecule has 2 heteroatoms. The first kappa shape index (κ1) is 10.6. The summed E-state index contributed by atoms with van der Waals surface area (Å²) in [5.41, 5.74) is 1.34. The Balaban J connectivity index is 1.79. The Morgan fingerprint density at radius 3 is 2.67 bits per heavy atom. The zero-order valence-electron chi connectivity index (χ0n) is 9.45. The number of hydrogen-bond acceptors (Lipinski definition) is 2. The van der Waals surface area contributed by atoms with Crippen molar-refractivity contribution in [3.8, 4) is 0 Å². The minimum atomic E-state index is 0.452. The van der Waals surface area contributed by atoms with Crippen LogP contribution in [0.25, 0.3) is 0 Å². The number of rotatable bonds is 4. The van der Waals surface area contributed by atoms with E-state index in [0.29, 0.717) is 6.04 Å². The fourth-order valence-corrected chi connectivity index (χ4v) is 2.33. The third kappa shape index (κ3) is 3.03. The summed E-state index contributed by atoms with van der Waals surface area (Å²) in [6.45, 7) is 3.40. The molecule has 0 amide bonds. The zero-order valence-corrected chi connectivity index (χ0v) is 9.45. The normalized spacial score (nSPS) is 19.3. The van der Waals surface area contributed by atoms with E-state index in [2.05, 4.69) is 29.4 Å². The van der Waals surface area contributed by atoms with Crippen LogP contribution in [0.15, 0.2) is 24.5 Å². The molecule has 1 fully saturated rings. The van der Waals surface area contributed by atoms with Gasteiger partial charge in [0.1, 0.15) is 0 Å². The lowest BCUT2D eigenvalue weighted by molar-refractivity contribution is 0.452. The van der Waals surface area contributed by atoms with Gasteiger partial charge in [-0.05, 0) is 49.9 Å². The third-order valence-corrected chi connectivity index (χ3v) is 3.39. The second-order valence-electron chi connectivity index (χ2n) is 4.56. The maximum atomic E-state index is 4.04. The topological polar surface area (TPSA) is 24.9 Å². The first-order chi connectivity index (χ1) is 7.36. The highest BCUT2D eigenvalue weighted by Gasteiger charge is 2.15. The summed E-state index contributed by atoms with van der Waals surface area (Å²) >= 11 is 0. The quantitative estimate of drug-likeness (QED) is 0.815. The Labute approximate surface area is 92.1 Å². The number of hydrogen-bond donors (Lipinski definition) is 1. The highest BCUT2D eigenvalue weighted by molar-refractivity contribution is 5.13. The van der Waals surface area contributed by atoms with Gasteiger partial charge in [0.05, 0.1) is 0 Å². The molecule has 1 aliphatic carbocycles. The average molecular weight is 204 g/mol. The largest absolute Gasteiger partial charge is 0.310 e. The molecule has 0 spiro atoms. The molecule has 0 saturated heterocycles. The van der Waals surface area contributed by atoms with Crippen LogP contribution in [0.4, 0.5) is 0 Å². The molecular weight excluding hydrogens is 184 g/mol. The molecule has 15 heavy (non-hydrogen) atoms. The fourth-order valence-electron chi connectivity index (χ4n) is 2.33. The van der Waals surface area contributed by atoms with Crippen LogP contribution in [-0.2, 0) is 0 Å². The second kappa shape index (κ2) is 5.26. The van der Waals surface area contributed by atoms with Crippen molar-refractivity contribution in [2.24, 2.45) is 5.92 Å². The summed E-state index contributed by atoms with van der Waals surface area (Å²) in [5, 5.41) is 3.61. The van der Waals surface area contributed by atoms with E-state index in [4.69, 9.17) is 0 Å². The molecule has 1 N–H and O–H groups in total. The molecule has 1 aromatic heterocycles. The van der Waals surface area contributed by atoms with Gasteiger partial charge < -0.3 is 5.32 Å². The van der Waals surface area contributed by atoms with Crippen LogP contribution >= 0.6 is 0 Å². The summed E-state index contributed by atoms with van der Waals surface area (Å²) in [4.78, 5) is 4.04. The number of pyridine rings is 1. The number of aromatic nitrogens is 1. The van der Waals surface area contributed by atoms with E-state index < -0.39 is 0 Å². The van der Waals surface area contributed by atoms with Crippen molar-refractivity contribution in [3.63, 3.8) is 0 Å². The van der Waals surface area contributed by atoms with E-state index >= 15 is 0 Å². The van der Waals surface area contributed by atoms with E-state index in [0.717, 1.165) is 5.92 Å². The molecule has 1 unspecified atom stereocenters. The third-order valence-electron chi connectivity index (χ3n) is 3.39. The molecular formula is C13H20N2. The van der Waals surface area contributed by atoms with E-state index in [1.54, 1.807) is 0 Å². The summed E-state index contributed by atoms with van der Waals surface area (Å²) in [6, 6.07) is 4.63. The van der Waals surface area contributed by atoms with E-state index in [9.17, 15) is 0 Å². The second-order valence-corrected chi connectivity index (χ2v) is 4.56. The molecule has 1 saturated carbocycles. The molecule has 1 heterocycles. The molecule has 1 aliphatic rings. The molecule has 2 rings (SSSR count). The van der Waals surface area contributed by atoms with Crippen molar-refractivity contribution in [2.45, 2.75) is 38.6 Å². The molecule has 1 aromatic rings. The average Bonchev–Trinajstić information content (AvgIpc) is 2.80. The van der Waals surface area contributed by atoms with Crippen LogP contribution < -0.4 is 5.32 Å². The van der Waals surface area contributed by atoms with Gasteiger partial charge in [-0.25, -0.2) is 0 Å². The summed E-state index contributed by atoms with van der Waals surface area (Å²) in [6.07, 6.45) is 9.41. The van der Waals surface area contributed by atoms with Crippen molar-refractivity contribution >= 4 is 0 Å². The summed E-state index contributed by atoms with van der Waals surface area (Å²) in [5.74, 6) is 0.911. The van der Waals surface area contributed by atoms with Crippen LogP contribution in [0, 0.1) is 5.92 Å². The van der Waals surface area contributed by atoms with Crippen LogP contribution in [-0.4, -0.2) is 11.5 Å². The Bertz CT molecular complexity index is 278. The van der Waals surface area contributed by atoms with Crippen molar-refractivity contribution in [2.75, 3.05) is 6.54 Å². The van der Waals surface area contributed by atoms with Crippen LogP contribution in [0.3, 0.4) is 0 Å². The van der Waals surface area contributed by atoms with Crippen LogP contribution in [0.2, 0.25) is 0 Å². The van der Waals surface area contributed by atoms with Crippen molar-refractivity contribution in [1.82, 2.24) is 10.3 Å². The minimum Gasteiger partial charge on any atom is -0.310 e. The molecule has 0 bridgehead atoms. The van der Waals surface area contributed by atoms with E-state index in [1.165, 1.54) is 37.8 Å². The Kier molecular flexibility index (Phi) is 3.73. The van der Waals surface area contributed by atoms with Crippen LogP contribution in [0.1, 0.15) is 44.2 Å². The molecule has 0 aromatic carbocycles. The first-order valence-corrected chi connectivity index (χ1v) is 5.99. The van der Waals surface area contributed by atoms with Crippen molar-refractivity contribution < 1.29 is 0 Å². The maximum absolute atomic E-state index is 4.04. The molecule has 1 atom stereocenters. The van der Waals surface area contributed by atoms with Gasteiger partial charge in [0.2, 0.25) is 0 Å². The number of nitrogens with zero attached hydrogens (tertiary/aromatic N) is 1. The SMILES string of the molecule is CC(NCC1CCCC1)c1ccncc1. The minimum absolute atomic E-state index is 0.452. The first-order valence-electron chi connectivity index (χ1n) is 5.99. The van der Waals surface area contributed by atoms with Crippen molar-refractivity contribution in [1.29, 1.82) is 0 Å².